The first-order valence-corrected chi connectivity index (χ1v) is 5.51. The van der Waals surface area contributed by atoms with E-state index in [0.29, 0.717) is 21.9 Å². The van der Waals surface area contributed by atoms with E-state index >= 15 is 0 Å². The Morgan fingerprint density at radius 1 is 1.33 bits per heavy atom. The van der Waals surface area contributed by atoms with E-state index in [-0.39, 0.29) is 6.04 Å². The van der Waals surface area contributed by atoms with Crippen LogP contribution in [0.2, 0.25) is 0 Å². The Kier molecular flexibility index (Phi) is 3.14. The molecule has 0 radical (unpaired) electrons. The lowest BCUT2D eigenvalue weighted by Crippen LogP contribution is -2.26. The van der Waals surface area contributed by atoms with Crippen molar-refractivity contribution < 1.29 is 19.1 Å². The molecule has 1 aliphatic rings. The number of fused-ring (bicyclic) bond motifs is 1. The van der Waals surface area contributed by atoms with Gasteiger partial charge in [-0.1, -0.05) is 0 Å². The number of ether oxygens (including phenoxy) is 2. The fourth-order valence-corrected chi connectivity index (χ4v) is 1.96. The van der Waals surface area contributed by atoms with Gasteiger partial charge in [0.05, 0.1) is 24.1 Å². The maximum atomic E-state index is 11.7. The number of esters is 2. The fourth-order valence-electron chi connectivity index (χ4n) is 1.96. The minimum Gasteiger partial charge on any atom is -0.466 e. The lowest BCUT2D eigenvalue weighted by atomic mass is 10.1. The van der Waals surface area contributed by atoms with Gasteiger partial charge in [-0.15, -0.1) is 0 Å². The second kappa shape index (κ2) is 4.60. The van der Waals surface area contributed by atoms with Crippen LogP contribution in [0.15, 0.2) is 23.2 Å². The van der Waals surface area contributed by atoms with Crippen LogP contribution in [0.5, 0.6) is 5.75 Å². The standard InChI is InChI=1S/C13H13NO4/c1-7-12(13(16)17-3)10-6-9(18-8(2)15)4-5-11(10)14-7/h4-7H,1-3H3/t7-/m0/s1. The number of carbonyl (C=O) groups excluding carboxylic acids is 2. The van der Waals surface area contributed by atoms with E-state index in [1.807, 2.05) is 6.92 Å². The zero-order chi connectivity index (χ0) is 13.3. The molecular formula is C13H13NO4. The summed E-state index contributed by atoms with van der Waals surface area (Å²) in [5.74, 6) is -0.422. The minimum atomic E-state index is -0.412. The van der Waals surface area contributed by atoms with Gasteiger partial charge in [0.1, 0.15) is 5.75 Å². The van der Waals surface area contributed by atoms with Crippen molar-refractivity contribution in [1.82, 2.24) is 0 Å². The van der Waals surface area contributed by atoms with Crippen molar-refractivity contribution in [3.63, 3.8) is 0 Å². The Bertz CT molecular complexity index is 633. The van der Waals surface area contributed by atoms with Gasteiger partial charge in [-0.05, 0) is 25.1 Å². The molecule has 18 heavy (non-hydrogen) atoms. The number of carbonyl (C=O) groups is 2. The molecule has 2 rings (SSSR count). The van der Waals surface area contributed by atoms with Crippen molar-refractivity contribution in [2.45, 2.75) is 19.9 Å². The third-order valence-corrected chi connectivity index (χ3v) is 2.68. The predicted molar refractivity (Wildman–Crippen MR) is 63.4 cm³/mol. The summed E-state index contributed by atoms with van der Waals surface area (Å²) in [5, 5.41) is 1.37. The van der Waals surface area contributed by atoms with Crippen molar-refractivity contribution in [3.8, 4) is 5.75 Å². The second-order valence-corrected chi connectivity index (χ2v) is 3.98. The molecule has 1 aliphatic heterocycles. The normalized spacial score (nSPS) is 16.8. The van der Waals surface area contributed by atoms with E-state index in [2.05, 4.69) is 4.99 Å². The summed E-state index contributed by atoms with van der Waals surface area (Å²) in [6.45, 7) is 3.14. The third-order valence-electron chi connectivity index (χ3n) is 2.68. The Balaban J connectivity index is 2.60. The molecule has 0 amide bonds. The number of nitrogens with zero attached hydrogens (tertiary/aromatic N) is 1. The number of methoxy groups -OCH3 is 1. The first kappa shape index (κ1) is 12.3. The Labute approximate surface area is 104 Å². The van der Waals surface area contributed by atoms with Crippen LogP contribution in [-0.4, -0.2) is 25.1 Å². The molecule has 0 aliphatic carbocycles. The molecule has 0 spiro atoms. The minimum absolute atomic E-state index is 0.250. The van der Waals surface area contributed by atoms with Crippen LogP contribution in [0, 0.1) is 0 Å². The zero-order valence-corrected chi connectivity index (χ0v) is 10.4. The molecular weight excluding hydrogens is 234 g/mol. The molecule has 0 saturated heterocycles. The van der Waals surface area contributed by atoms with Gasteiger partial charge in [0.25, 0.3) is 0 Å². The zero-order valence-electron chi connectivity index (χ0n) is 10.4. The number of hydrogen-bond donors (Lipinski definition) is 0. The molecule has 0 aromatic heterocycles. The molecule has 0 saturated carbocycles. The van der Waals surface area contributed by atoms with Gasteiger partial charge < -0.3 is 9.47 Å². The van der Waals surface area contributed by atoms with E-state index in [1.54, 1.807) is 18.2 Å². The number of hydrogen-bond acceptors (Lipinski definition) is 5. The molecule has 5 nitrogen and oxygen atoms in total. The summed E-state index contributed by atoms with van der Waals surface area (Å²) in [5.41, 5.74) is 0.488. The molecule has 1 aromatic carbocycles. The highest BCUT2D eigenvalue weighted by Gasteiger charge is 2.22. The highest BCUT2D eigenvalue weighted by Crippen LogP contribution is 2.13. The summed E-state index contributed by atoms with van der Waals surface area (Å²) >= 11 is 0. The Hall–Kier alpha value is -2.17. The molecule has 0 bridgehead atoms. The summed E-state index contributed by atoms with van der Waals surface area (Å²) in [6, 6.07) is 4.76. The maximum absolute atomic E-state index is 11.7. The van der Waals surface area contributed by atoms with Crippen LogP contribution in [0.1, 0.15) is 13.8 Å². The average molecular weight is 247 g/mol. The van der Waals surface area contributed by atoms with E-state index in [0.717, 1.165) is 0 Å². The van der Waals surface area contributed by atoms with Crippen LogP contribution in [0.3, 0.4) is 0 Å². The molecule has 0 fully saturated rings. The van der Waals surface area contributed by atoms with Crippen molar-refractivity contribution in [2.75, 3.05) is 7.11 Å². The average Bonchev–Trinajstić information content (AvgIpc) is 2.63. The van der Waals surface area contributed by atoms with Crippen LogP contribution < -0.4 is 15.3 Å². The highest BCUT2D eigenvalue weighted by molar-refractivity contribution is 6.11. The van der Waals surface area contributed by atoms with E-state index in [9.17, 15) is 9.59 Å². The summed E-state index contributed by atoms with van der Waals surface area (Å²) < 4.78 is 9.73. The van der Waals surface area contributed by atoms with E-state index in [4.69, 9.17) is 9.47 Å². The molecule has 1 aromatic rings. The Morgan fingerprint density at radius 3 is 2.67 bits per heavy atom. The molecule has 0 N–H and O–H groups in total. The molecule has 1 atom stereocenters. The quantitative estimate of drug-likeness (QED) is 0.543. The van der Waals surface area contributed by atoms with Gasteiger partial charge in [0.15, 0.2) is 0 Å². The fraction of sp³-hybridized carbons (Fsp3) is 0.308. The highest BCUT2D eigenvalue weighted by atomic mass is 16.5. The van der Waals surface area contributed by atoms with Gasteiger partial charge in [-0.3, -0.25) is 9.79 Å². The summed E-state index contributed by atoms with van der Waals surface area (Å²) in [6.07, 6.45) is 0. The lowest BCUT2D eigenvalue weighted by molar-refractivity contribution is -0.134. The van der Waals surface area contributed by atoms with Crippen LogP contribution in [0.4, 0.5) is 0 Å². The van der Waals surface area contributed by atoms with Crippen LogP contribution in [0.25, 0.3) is 5.57 Å². The van der Waals surface area contributed by atoms with Gasteiger partial charge in [0, 0.05) is 12.1 Å². The lowest BCUT2D eigenvalue weighted by Gasteiger charge is -2.04. The maximum Gasteiger partial charge on any atom is 0.336 e. The van der Waals surface area contributed by atoms with E-state index in [1.165, 1.54) is 14.0 Å². The van der Waals surface area contributed by atoms with Crippen molar-refractivity contribution >= 4 is 17.5 Å². The molecule has 1 heterocycles. The van der Waals surface area contributed by atoms with Gasteiger partial charge in [0.2, 0.25) is 0 Å². The number of rotatable bonds is 2. The predicted octanol–water partition coefficient (Wildman–Crippen LogP) is -0.0427. The first-order chi connectivity index (χ1) is 8.52. The summed E-state index contributed by atoms with van der Waals surface area (Å²) in [4.78, 5) is 26.9. The van der Waals surface area contributed by atoms with Gasteiger partial charge in [-0.25, -0.2) is 4.79 Å². The third kappa shape index (κ3) is 2.11. The molecule has 94 valence electrons. The largest absolute Gasteiger partial charge is 0.466 e. The van der Waals surface area contributed by atoms with Crippen LogP contribution in [-0.2, 0) is 14.3 Å². The topological polar surface area (TPSA) is 65.0 Å². The number of benzene rings is 1. The smallest absolute Gasteiger partial charge is 0.336 e. The first-order valence-electron chi connectivity index (χ1n) is 5.51. The molecule has 0 unspecified atom stereocenters. The monoisotopic (exact) mass is 247 g/mol. The Morgan fingerprint density at radius 2 is 2.06 bits per heavy atom. The van der Waals surface area contributed by atoms with Crippen LogP contribution >= 0.6 is 0 Å². The SMILES string of the molecule is COC(=O)C1=c2cc(OC(C)=O)ccc2=N[C@H]1C. The van der Waals surface area contributed by atoms with E-state index < -0.39 is 11.9 Å². The van der Waals surface area contributed by atoms with Crippen molar-refractivity contribution in [2.24, 2.45) is 4.99 Å². The second-order valence-electron chi connectivity index (χ2n) is 3.98. The van der Waals surface area contributed by atoms with Gasteiger partial charge >= 0.3 is 11.9 Å². The van der Waals surface area contributed by atoms with Gasteiger partial charge in [-0.2, -0.15) is 0 Å². The van der Waals surface area contributed by atoms with Crippen molar-refractivity contribution in [3.05, 3.63) is 28.8 Å². The molecule has 5 heteroatoms. The summed E-state index contributed by atoms with van der Waals surface area (Å²) in [7, 11) is 1.33. The van der Waals surface area contributed by atoms with Crippen molar-refractivity contribution in [1.29, 1.82) is 0 Å².